The largest absolute Gasteiger partial charge is 0.383 e. The van der Waals surface area contributed by atoms with Crippen molar-refractivity contribution in [1.29, 1.82) is 0 Å². The van der Waals surface area contributed by atoms with Crippen LogP contribution in [0.2, 0.25) is 0 Å². The predicted octanol–water partition coefficient (Wildman–Crippen LogP) is 1.97. The van der Waals surface area contributed by atoms with E-state index in [2.05, 4.69) is 12.2 Å². The van der Waals surface area contributed by atoms with Crippen molar-refractivity contribution in [2.24, 2.45) is 11.8 Å². The minimum absolute atomic E-state index is 0.0933. The zero-order chi connectivity index (χ0) is 13.5. The summed E-state index contributed by atoms with van der Waals surface area (Å²) in [4.78, 5) is 11.3. The standard InChI is InChI=1S/C15H21NO2/c1-9-5-7-13(8-6-9)15(18)11(3)10(2)14(15)16-12(4)17/h5-8,10-11,14,18H,1-4H3,(H,16,17)/t10-,11-,14+,15+/m1/s1. The van der Waals surface area contributed by atoms with E-state index >= 15 is 0 Å². The fourth-order valence-electron chi connectivity index (χ4n) is 2.98. The predicted molar refractivity (Wildman–Crippen MR) is 71.0 cm³/mol. The van der Waals surface area contributed by atoms with E-state index in [0.717, 1.165) is 5.56 Å². The fraction of sp³-hybridized carbons (Fsp3) is 0.533. The van der Waals surface area contributed by atoms with Gasteiger partial charge < -0.3 is 10.4 Å². The van der Waals surface area contributed by atoms with Crippen molar-refractivity contribution in [3.05, 3.63) is 35.4 Å². The summed E-state index contributed by atoms with van der Waals surface area (Å²) in [5.74, 6) is 0.321. The van der Waals surface area contributed by atoms with Crippen LogP contribution in [0.15, 0.2) is 24.3 Å². The van der Waals surface area contributed by atoms with Gasteiger partial charge in [0.15, 0.2) is 0 Å². The maximum Gasteiger partial charge on any atom is 0.217 e. The van der Waals surface area contributed by atoms with Crippen molar-refractivity contribution in [2.75, 3.05) is 0 Å². The van der Waals surface area contributed by atoms with Crippen molar-refractivity contribution < 1.29 is 9.90 Å². The van der Waals surface area contributed by atoms with Gasteiger partial charge in [0.1, 0.15) is 5.60 Å². The van der Waals surface area contributed by atoms with Crippen LogP contribution in [0, 0.1) is 18.8 Å². The third-order valence-corrected chi connectivity index (χ3v) is 4.36. The van der Waals surface area contributed by atoms with Crippen LogP contribution in [0.3, 0.4) is 0 Å². The second-order valence-corrected chi connectivity index (χ2v) is 5.52. The van der Waals surface area contributed by atoms with Gasteiger partial charge in [-0.05, 0) is 24.3 Å². The van der Waals surface area contributed by atoms with Gasteiger partial charge >= 0.3 is 0 Å². The first-order valence-corrected chi connectivity index (χ1v) is 6.44. The van der Waals surface area contributed by atoms with Gasteiger partial charge in [-0.15, -0.1) is 0 Å². The molecule has 0 radical (unpaired) electrons. The van der Waals surface area contributed by atoms with E-state index in [-0.39, 0.29) is 23.8 Å². The number of aliphatic hydroxyl groups is 1. The lowest BCUT2D eigenvalue weighted by Crippen LogP contribution is -2.68. The van der Waals surface area contributed by atoms with E-state index in [4.69, 9.17) is 0 Å². The molecule has 0 spiro atoms. The Morgan fingerprint density at radius 1 is 1.28 bits per heavy atom. The lowest BCUT2D eigenvalue weighted by molar-refractivity contribution is -0.170. The number of nitrogens with one attached hydrogen (secondary N) is 1. The van der Waals surface area contributed by atoms with Gasteiger partial charge in [0.25, 0.3) is 0 Å². The minimum Gasteiger partial charge on any atom is -0.383 e. The molecule has 0 unspecified atom stereocenters. The topological polar surface area (TPSA) is 49.3 Å². The highest BCUT2D eigenvalue weighted by Gasteiger charge is 2.58. The molecule has 98 valence electrons. The van der Waals surface area contributed by atoms with Crippen LogP contribution in [-0.4, -0.2) is 17.1 Å². The monoisotopic (exact) mass is 247 g/mol. The molecule has 1 saturated carbocycles. The molecule has 0 heterocycles. The van der Waals surface area contributed by atoms with E-state index in [9.17, 15) is 9.90 Å². The molecule has 3 heteroatoms. The lowest BCUT2D eigenvalue weighted by Gasteiger charge is -2.56. The molecule has 1 fully saturated rings. The van der Waals surface area contributed by atoms with Crippen LogP contribution in [0.25, 0.3) is 0 Å². The highest BCUT2D eigenvalue weighted by atomic mass is 16.3. The molecule has 18 heavy (non-hydrogen) atoms. The van der Waals surface area contributed by atoms with Crippen molar-refractivity contribution >= 4 is 5.91 Å². The van der Waals surface area contributed by atoms with Crippen LogP contribution in [-0.2, 0) is 10.4 Å². The number of benzene rings is 1. The third kappa shape index (κ3) is 1.83. The maximum absolute atomic E-state index is 11.3. The Labute approximate surface area is 108 Å². The van der Waals surface area contributed by atoms with E-state index < -0.39 is 5.60 Å². The maximum atomic E-state index is 11.3. The van der Waals surface area contributed by atoms with E-state index in [1.165, 1.54) is 12.5 Å². The fourth-order valence-corrected chi connectivity index (χ4v) is 2.98. The Balaban J connectivity index is 2.32. The van der Waals surface area contributed by atoms with Crippen LogP contribution in [0.5, 0.6) is 0 Å². The molecule has 2 rings (SSSR count). The molecule has 2 N–H and O–H groups in total. The van der Waals surface area contributed by atoms with Crippen LogP contribution in [0.1, 0.15) is 31.9 Å². The summed E-state index contributed by atoms with van der Waals surface area (Å²) in [5.41, 5.74) is 1.11. The van der Waals surface area contributed by atoms with Crippen LogP contribution in [0.4, 0.5) is 0 Å². The Hall–Kier alpha value is -1.35. The second-order valence-electron chi connectivity index (χ2n) is 5.52. The number of hydrogen-bond donors (Lipinski definition) is 2. The molecule has 1 aliphatic rings. The first-order valence-electron chi connectivity index (χ1n) is 6.44. The first kappa shape index (κ1) is 13.1. The minimum atomic E-state index is -0.946. The van der Waals surface area contributed by atoms with Crippen LogP contribution >= 0.6 is 0 Å². The number of aryl methyl sites for hydroxylation is 1. The molecular weight excluding hydrogens is 226 g/mol. The summed E-state index contributed by atoms with van der Waals surface area (Å²) >= 11 is 0. The average molecular weight is 247 g/mol. The van der Waals surface area contributed by atoms with Gasteiger partial charge in [0.2, 0.25) is 5.91 Å². The summed E-state index contributed by atoms with van der Waals surface area (Å²) in [5, 5.41) is 13.8. The molecule has 1 amide bonds. The third-order valence-electron chi connectivity index (χ3n) is 4.36. The quantitative estimate of drug-likeness (QED) is 0.839. The van der Waals surface area contributed by atoms with Crippen molar-refractivity contribution in [3.8, 4) is 0 Å². The summed E-state index contributed by atoms with van der Waals surface area (Å²) in [6.07, 6.45) is 0. The molecule has 4 atom stereocenters. The SMILES string of the molecule is CC(=O)N[C@H]1[C@H](C)[C@@H](C)[C@]1(O)c1ccc(C)cc1. The Morgan fingerprint density at radius 2 is 1.83 bits per heavy atom. The molecule has 3 nitrogen and oxygen atoms in total. The van der Waals surface area contributed by atoms with Gasteiger partial charge in [-0.25, -0.2) is 0 Å². The molecule has 0 saturated heterocycles. The Bertz CT molecular complexity index is 454. The molecule has 1 aromatic carbocycles. The Morgan fingerprint density at radius 3 is 2.33 bits per heavy atom. The van der Waals surface area contributed by atoms with E-state index in [1.807, 2.05) is 38.1 Å². The summed E-state index contributed by atoms with van der Waals surface area (Å²) < 4.78 is 0. The van der Waals surface area contributed by atoms with Gasteiger partial charge in [-0.1, -0.05) is 43.7 Å². The van der Waals surface area contributed by atoms with Crippen molar-refractivity contribution in [1.82, 2.24) is 5.32 Å². The summed E-state index contributed by atoms with van der Waals surface area (Å²) in [7, 11) is 0. The summed E-state index contributed by atoms with van der Waals surface area (Å²) in [6, 6.07) is 7.69. The smallest absolute Gasteiger partial charge is 0.217 e. The number of hydrogen-bond acceptors (Lipinski definition) is 2. The highest BCUT2D eigenvalue weighted by Crippen LogP contribution is 2.50. The molecule has 0 aliphatic heterocycles. The molecule has 1 aromatic rings. The molecule has 0 aromatic heterocycles. The van der Waals surface area contributed by atoms with Gasteiger partial charge in [0.05, 0.1) is 6.04 Å². The summed E-state index contributed by atoms with van der Waals surface area (Å²) in [6.45, 7) is 7.61. The normalized spacial score (nSPS) is 34.8. The van der Waals surface area contributed by atoms with E-state index in [1.54, 1.807) is 0 Å². The van der Waals surface area contributed by atoms with Gasteiger partial charge in [-0.3, -0.25) is 4.79 Å². The Kier molecular flexibility index (Phi) is 3.20. The van der Waals surface area contributed by atoms with Crippen molar-refractivity contribution in [2.45, 2.75) is 39.3 Å². The average Bonchev–Trinajstić information content (AvgIpc) is 2.35. The van der Waals surface area contributed by atoms with Crippen LogP contribution < -0.4 is 5.32 Å². The number of carbonyl (C=O) groups excluding carboxylic acids is 1. The molecule has 1 aliphatic carbocycles. The van der Waals surface area contributed by atoms with E-state index in [0.29, 0.717) is 0 Å². The second kappa shape index (κ2) is 4.39. The van der Waals surface area contributed by atoms with Gasteiger partial charge in [0, 0.05) is 6.92 Å². The first-order chi connectivity index (χ1) is 8.37. The zero-order valence-electron chi connectivity index (χ0n) is 11.4. The van der Waals surface area contributed by atoms with Crippen molar-refractivity contribution in [3.63, 3.8) is 0 Å². The number of amides is 1. The lowest BCUT2D eigenvalue weighted by atomic mass is 9.56. The van der Waals surface area contributed by atoms with Gasteiger partial charge in [-0.2, -0.15) is 0 Å². The molecule has 0 bridgehead atoms. The number of carbonyl (C=O) groups is 1. The highest BCUT2D eigenvalue weighted by molar-refractivity contribution is 5.73. The zero-order valence-corrected chi connectivity index (χ0v) is 11.4. The molecular formula is C15H21NO2. The number of rotatable bonds is 2.